The van der Waals surface area contributed by atoms with Gasteiger partial charge in [-0.15, -0.1) is 0 Å². The molecular weight excluding hydrogens is 302 g/mol. The maximum absolute atomic E-state index is 5.44. The summed E-state index contributed by atoms with van der Waals surface area (Å²) in [5, 5.41) is 6.45. The van der Waals surface area contributed by atoms with Crippen molar-refractivity contribution in [3.8, 4) is 0 Å². The van der Waals surface area contributed by atoms with Crippen molar-refractivity contribution in [2.45, 2.75) is 13.8 Å². The van der Waals surface area contributed by atoms with E-state index in [1.807, 2.05) is 32.0 Å². The fourth-order valence-electron chi connectivity index (χ4n) is 2.06. The largest absolute Gasteiger partial charge is 0.329 e. The summed E-state index contributed by atoms with van der Waals surface area (Å²) >= 11 is 0. The van der Waals surface area contributed by atoms with Crippen LogP contribution in [0.1, 0.15) is 25.2 Å². The van der Waals surface area contributed by atoms with Gasteiger partial charge in [0.05, 0.1) is 35.9 Å². The smallest absolute Gasteiger partial charge is 0.0845 e. The lowest BCUT2D eigenvalue weighted by Crippen LogP contribution is -2.25. The van der Waals surface area contributed by atoms with Crippen LogP contribution in [0.15, 0.2) is 28.2 Å². The zero-order valence-electron chi connectivity index (χ0n) is 14.9. The second kappa shape index (κ2) is 12.7. The van der Waals surface area contributed by atoms with Gasteiger partial charge >= 0.3 is 0 Å². The summed E-state index contributed by atoms with van der Waals surface area (Å²) in [7, 11) is 0. The Labute approximate surface area is 145 Å². The highest BCUT2D eigenvalue weighted by molar-refractivity contribution is 6.00. The molecule has 7 heteroatoms. The van der Waals surface area contributed by atoms with Crippen molar-refractivity contribution in [3.63, 3.8) is 0 Å². The summed E-state index contributed by atoms with van der Waals surface area (Å²) in [6, 6.07) is 5.95. The Morgan fingerprint density at radius 1 is 0.875 bits per heavy atom. The zero-order chi connectivity index (χ0) is 17.6. The Balaban J connectivity index is 2.58. The minimum Gasteiger partial charge on any atom is -0.329 e. The number of hydrogen-bond donors (Lipinski definition) is 4. The number of hydrogen-bond acceptors (Lipinski definition) is 7. The van der Waals surface area contributed by atoms with Crippen LogP contribution in [-0.4, -0.2) is 68.8 Å². The molecule has 0 aliphatic carbocycles. The first-order valence-corrected chi connectivity index (χ1v) is 8.50. The van der Waals surface area contributed by atoms with Crippen LogP contribution in [0, 0.1) is 0 Å². The predicted octanol–water partition coefficient (Wildman–Crippen LogP) is -0.204. The van der Waals surface area contributed by atoms with Crippen molar-refractivity contribution in [1.82, 2.24) is 15.6 Å². The summed E-state index contributed by atoms with van der Waals surface area (Å²) in [6.07, 6.45) is 0. The van der Waals surface area contributed by atoms with E-state index in [9.17, 15) is 0 Å². The quantitative estimate of drug-likeness (QED) is 0.312. The van der Waals surface area contributed by atoms with Crippen LogP contribution in [0.25, 0.3) is 0 Å². The van der Waals surface area contributed by atoms with Crippen LogP contribution >= 0.6 is 0 Å². The molecule has 134 valence electrons. The minimum absolute atomic E-state index is 0.645. The fraction of sp³-hybridized carbons (Fsp3) is 0.588. The first kappa shape index (κ1) is 20.4. The molecule has 0 spiro atoms. The Bertz CT molecular complexity index is 482. The van der Waals surface area contributed by atoms with Crippen molar-refractivity contribution in [1.29, 1.82) is 0 Å². The lowest BCUT2D eigenvalue weighted by atomic mass is 10.2. The number of nitrogens with one attached hydrogen (secondary N) is 2. The van der Waals surface area contributed by atoms with Gasteiger partial charge in [-0.05, 0) is 26.0 Å². The average Bonchev–Trinajstić information content (AvgIpc) is 2.61. The summed E-state index contributed by atoms with van der Waals surface area (Å²) in [4.78, 5) is 13.8. The van der Waals surface area contributed by atoms with Gasteiger partial charge in [-0.3, -0.25) is 9.98 Å². The number of pyridine rings is 1. The number of rotatable bonds is 12. The molecule has 0 saturated heterocycles. The Kier molecular flexibility index (Phi) is 10.8. The number of aromatic nitrogens is 1. The summed E-state index contributed by atoms with van der Waals surface area (Å²) in [5.41, 5.74) is 14.5. The molecule has 0 radical (unpaired) electrons. The molecule has 0 aliphatic rings. The van der Waals surface area contributed by atoms with E-state index in [4.69, 9.17) is 11.5 Å². The first-order chi connectivity index (χ1) is 11.7. The molecule has 0 saturated carbocycles. The molecule has 0 amide bonds. The van der Waals surface area contributed by atoms with E-state index in [0.717, 1.165) is 62.1 Å². The van der Waals surface area contributed by atoms with Crippen LogP contribution in [0.5, 0.6) is 0 Å². The summed E-state index contributed by atoms with van der Waals surface area (Å²) in [5.74, 6) is 0. The second-order valence-electron chi connectivity index (χ2n) is 5.42. The molecule has 0 bridgehead atoms. The molecule has 6 N–H and O–H groups in total. The first-order valence-electron chi connectivity index (χ1n) is 8.50. The van der Waals surface area contributed by atoms with Gasteiger partial charge in [0.2, 0.25) is 0 Å². The van der Waals surface area contributed by atoms with Crippen molar-refractivity contribution < 1.29 is 0 Å². The molecule has 1 aromatic rings. The van der Waals surface area contributed by atoms with Gasteiger partial charge in [0.15, 0.2) is 0 Å². The second-order valence-corrected chi connectivity index (χ2v) is 5.42. The van der Waals surface area contributed by atoms with Gasteiger partial charge in [-0.2, -0.15) is 0 Å². The van der Waals surface area contributed by atoms with Gasteiger partial charge in [0, 0.05) is 39.3 Å². The van der Waals surface area contributed by atoms with Gasteiger partial charge in [0.25, 0.3) is 0 Å². The lowest BCUT2D eigenvalue weighted by Gasteiger charge is -2.06. The third kappa shape index (κ3) is 8.26. The number of nitrogens with two attached hydrogens (primary N) is 2. The van der Waals surface area contributed by atoms with Crippen molar-refractivity contribution in [2.24, 2.45) is 21.5 Å². The van der Waals surface area contributed by atoms with Crippen LogP contribution in [-0.2, 0) is 0 Å². The minimum atomic E-state index is 0.645. The van der Waals surface area contributed by atoms with Gasteiger partial charge in [-0.1, -0.05) is 6.07 Å². The molecule has 0 unspecified atom stereocenters. The fourth-order valence-corrected chi connectivity index (χ4v) is 2.06. The Hall–Kier alpha value is -1.67. The standard InChI is InChI=1S/C17H31N7/c1-14(22-12-10-20-8-6-18)16-4-3-5-17(24-16)15(2)23-13-11-21-9-7-19/h3-5,20-21H,6-13,18-19H2,1-2H3. The maximum Gasteiger partial charge on any atom is 0.0845 e. The van der Waals surface area contributed by atoms with E-state index in [-0.39, 0.29) is 0 Å². The molecule has 0 aliphatic heterocycles. The van der Waals surface area contributed by atoms with Gasteiger partial charge in [0.1, 0.15) is 0 Å². The highest BCUT2D eigenvalue weighted by atomic mass is 14.9. The van der Waals surface area contributed by atoms with Crippen LogP contribution in [0.2, 0.25) is 0 Å². The molecule has 1 heterocycles. The van der Waals surface area contributed by atoms with E-state index in [2.05, 4.69) is 25.6 Å². The van der Waals surface area contributed by atoms with E-state index in [1.54, 1.807) is 0 Å². The molecule has 7 nitrogen and oxygen atoms in total. The van der Waals surface area contributed by atoms with E-state index in [0.29, 0.717) is 13.1 Å². The maximum atomic E-state index is 5.44. The van der Waals surface area contributed by atoms with Crippen molar-refractivity contribution in [3.05, 3.63) is 29.6 Å². The van der Waals surface area contributed by atoms with E-state index in [1.165, 1.54) is 0 Å². The van der Waals surface area contributed by atoms with Gasteiger partial charge < -0.3 is 22.1 Å². The SMILES string of the molecule is CC(=NCCNCCN)c1cccc(C(C)=NCCNCCN)n1. The predicted molar refractivity (Wildman–Crippen MR) is 102 cm³/mol. The highest BCUT2D eigenvalue weighted by Crippen LogP contribution is 2.03. The van der Waals surface area contributed by atoms with E-state index < -0.39 is 0 Å². The highest BCUT2D eigenvalue weighted by Gasteiger charge is 2.03. The molecule has 1 rings (SSSR count). The zero-order valence-corrected chi connectivity index (χ0v) is 14.9. The lowest BCUT2D eigenvalue weighted by molar-refractivity contribution is 0.696. The van der Waals surface area contributed by atoms with Crippen molar-refractivity contribution >= 4 is 11.4 Å². The Morgan fingerprint density at radius 3 is 1.75 bits per heavy atom. The average molecular weight is 333 g/mol. The third-order valence-electron chi connectivity index (χ3n) is 3.41. The third-order valence-corrected chi connectivity index (χ3v) is 3.41. The van der Waals surface area contributed by atoms with Crippen LogP contribution < -0.4 is 22.1 Å². The molecule has 0 atom stereocenters. The number of aliphatic imine (C=N–C) groups is 2. The monoisotopic (exact) mass is 333 g/mol. The molecule has 24 heavy (non-hydrogen) atoms. The topological polar surface area (TPSA) is 114 Å². The van der Waals surface area contributed by atoms with Gasteiger partial charge in [-0.25, -0.2) is 4.98 Å². The van der Waals surface area contributed by atoms with Crippen molar-refractivity contribution in [2.75, 3.05) is 52.4 Å². The van der Waals surface area contributed by atoms with Crippen LogP contribution in [0.4, 0.5) is 0 Å². The molecular formula is C17H31N7. The van der Waals surface area contributed by atoms with Crippen LogP contribution in [0.3, 0.4) is 0 Å². The normalized spacial score (nSPS) is 12.7. The number of nitrogens with zero attached hydrogens (tertiary/aromatic N) is 3. The molecule has 0 fully saturated rings. The molecule has 0 aromatic carbocycles. The summed E-state index contributed by atoms with van der Waals surface area (Å²) in [6.45, 7) is 9.98. The summed E-state index contributed by atoms with van der Waals surface area (Å²) < 4.78 is 0. The van der Waals surface area contributed by atoms with E-state index >= 15 is 0 Å². The molecule has 1 aromatic heterocycles. The Morgan fingerprint density at radius 2 is 1.33 bits per heavy atom.